The van der Waals surface area contributed by atoms with Gasteiger partial charge in [0.1, 0.15) is 0 Å². The molecule has 9 heteroatoms. The molecule has 1 unspecified atom stereocenters. The number of rotatable bonds is 4. The van der Waals surface area contributed by atoms with Crippen LogP contribution < -0.4 is 0 Å². The van der Waals surface area contributed by atoms with Crippen molar-refractivity contribution in [2.75, 3.05) is 17.3 Å². The summed E-state index contributed by atoms with van der Waals surface area (Å²) in [6.45, 7) is 0. The van der Waals surface area contributed by atoms with E-state index in [1.807, 2.05) is 0 Å². The Morgan fingerprint density at radius 2 is 1.84 bits per heavy atom. The number of halogens is 3. The van der Waals surface area contributed by atoms with Gasteiger partial charge in [-0.15, -0.1) is 0 Å². The predicted octanol–water partition coefficient (Wildman–Crippen LogP) is 1.42. The van der Waals surface area contributed by atoms with Crippen LogP contribution >= 0.6 is 11.8 Å². The Labute approximate surface area is 113 Å². The van der Waals surface area contributed by atoms with E-state index in [-0.39, 0.29) is 29.3 Å². The van der Waals surface area contributed by atoms with Crippen LogP contribution in [0, 0.1) is 0 Å². The molecule has 0 aromatic heterocycles. The van der Waals surface area contributed by atoms with E-state index in [9.17, 15) is 26.4 Å². The first-order valence-electron chi connectivity index (χ1n) is 5.90. The van der Waals surface area contributed by atoms with Crippen molar-refractivity contribution in [3.63, 3.8) is 0 Å². The molecule has 0 spiro atoms. The number of sulfone groups is 1. The molecule has 19 heavy (non-hydrogen) atoms. The van der Waals surface area contributed by atoms with Crippen LogP contribution in [0.4, 0.5) is 13.2 Å². The van der Waals surface area contributed by atoms with Gasteiger partial charge in [-0.2, -0.15) is 13.2 Å². The van der Waals surface area contributed by atoms with Crippen molar-refractivity contribution in [3.8, 4) is 0 Å². The Balaban J connectivity index is 1.99. The zero-order chi connectivity index (χ0) is 14.3. The second kappa shape index (κ2) is 5.16. The van der Waals surface area contributed by atoms with Crippen molar-refractivity contribution in [1.82, 2.24) is 4.90 Å². The highest BCUT2D eigenvalue weighted by Gasteiger charge is 2.42. The highest BCUT2D eigenvalue weighted by Crippen LogP contribution is 2.35. The molecule has 1 aliphatic heterocycles. The van der Waals surface area contributed by atoms with E-state index in [1.54, 1.807) is 0 Å². The summed E-state index contributed by atoms with van der Waals surface area (Å²) in [4.78, 5) is 13.3. The molecule has 0 aromatic carbocycles. The third-order valence-electron chi connectivity index (χ3n) is 3.19. The van der Waals surface area contributed by atoms with Crippen molar-refractivity contribution in [2.24, 2.45) is 0 Å². The van der Waals surface area contributed by atoms with Crippen molar-refractivity contribution < 1.29 is 26.4 Å². The summed E-state index contributed by atoms with van der Waals surface area (Å²) in [5, 5.41) is 0. The maximum absolute atomic E-state index is 12.1. The number of carbonyl (C=O) groups excluding carboxylic acids is 1. The van der Waals surface area contributed by atoms with E-state index in [2.05, 4.69) is 0 Å². The largest absolute Gasteiger partial charge is 0.442 e. The highest BCUT2D eigenvalue weighted by atomic mass is 32.2. The van der Waals surface area contributed by atoms with Gasteiger partial charge in [0.2, 0.25) is 5.91 Å². The lowest BCUT2D eigenvalue weighted by atomic mass is 10.2. The van der Waals surface area contributed by atoms with Crippen LogP contribution in [0.3, 0.4) is 0 Å². The van der Waals surface area contributed by atoms with Crippen molar-refractivity contribution in [1.29, 1.82) is 0 Å². The molecule has 2 aliphatic rings. The normalized spacial score (nSPS) is 26.4. The molecule has 1 atom stereocenters. The van der Waals surface area contributed by atoms with Crippen LogP contribution in [0.25, 0.3) is 0 Å². The van der Waals surface area contributed by atoms with Crippen LogP contribution in [0.15, 0.2) is 0 Å². The summed E-state index contributed by atoms with van der Waals surface area (Å²) >= 11 is -0.367. The first-order valence-corrected chi connectivity index (χ1v) is 8.71. The molecule has 1 heterocycles. The van der Waals surface area contributed by atoms with Gasteiger partial charge in [-0.1, -0.05) is 0 Å². The molecule has 0 bridgehead atoms. The Morgan fingerprint density at radius 1 is 1.21 bits per heavy atom. The van der Waals surface area contributed by atoms with Crippen molar-refractivity contribution in [2.45, 2.75) is 36.9 Å². The number of nitrogens with zero attached hydrogens (tertiary/aromatic N) is 1. The molecular weight excluding hydrogens is 303 g/mol. The first-order chi connectivity index (χ1) is 8.68. The zero-order valence-corrected chi connectivity index (χ0v) is 11.7. The molecule has 110 valence electrons. The molecule has 4 nitrogen and oxygen atoms in total. The number of hydrogen-bond acceptors (Lipinski definition) is 4. The van der Waals surface area contributed by atoms with Gasteiger partial charge in [-0.25, -0.2) is 8.42 Å². The fourth-order valence-corrected chi connectivity index (χ4v) is 4.42. The smallest absolute Gasteiger partial charge is 0.335 e. The zero-order valence-electron chi connectivity index (χ0n) is 10.0. The average Bonchev–Trinajstić information content (AvgIpc) is 3.00. The molecular formula is C10H14F3NO3S2. The van der Waals surface area contributed by atoms with Gasteiger partial charge in [0.15, 0.2) is 9.84 Å². The van der Waals surface area contributed by atoms with Gasteiger partial charge in [0, 0.05) is 12.1 Å². The topological polar surface area (TPSA) is 54.5 Å². The lowest BCUT2D eigenvalue weighted by Crippen LogP contribution is -2.44. The van der Waals surface area contributed by atoms with Gasteiger partial charge < -0.3 is 4.90 Å². The van der Waals surface area contributed by atoms with Crippen LogP contribution in [0.5, 0.6) is 0 Å². The highest BCUT2D eigenvalue weighted by molar-refractivity contribution is 8.00. The van der Waals surface area contributed by atoms with Gasteiger partial charge >= 0.3 is 5.51 Å². The standard InChI is InChI=1S/C10H14F3NO3S2/c11-10(12,13)18-5-9(15)14(7-1-2-7)8-3-4-19(16,17)6-8/h7-8H,1-6H2. The minimum atomic E-state index is -4.44. The summed E-state index contributed by atoms with van der Waals surface area (Å²) < 4.78 is 59.1. The number of thioether (sulfide) groups is 1. The summed E-state index contributed by atoms with van der Waals surface area (Å²) in [5.41, 5.74) is -4.44. The number of hydrogen-bond donors (Lipinski definition) is 0. The van der Waals surface area contributed by atoms with Gasteiger partial charge in [0.25, 0.3) is 0 Å². The Bertz CT molecular complexity index is 459. The molecule has 1 amide bonds. The van der Waals surface area contributed by atoms with E-state index < -0.39 is 33.0 Å². The Kier molecular flexibility index (Phi) is 4.06. The Morgan fingerprint density at radius 3 is 2.26 bits per heavy atom. The number of carbonyl (C=O) groups is 1. The van der Waals surface area contributed by atoms with Gasteiger partial charge in [-0.05, 0) is 31.0 Å². The van der Waals surface area contributed by atoms with Crippen molar-refractivity contribution in [3.05, 3.63) is 0 Å². The molecule has 1 aliphatic carbocycles. The number of amides is 1. The molecule has 1 saturated heterocycles. The maximum Gasteiger partial charge on any atom is 0.442 e. The van der Waals surface area contributed by atoms with Crippen LogP contribution in [0.2, 0.25) is 0 Å². The fourth-order valence-electron chi connectivity index (χ4n) is 2.27. The fraction of sp³-hybridized carbons (Fsp3) is 0.900. The molecule has 2 rings (SSSR count). The van der Waals surface area contributed by atoms with E-state index in [4.69, 9.17) is 0 Å². The van der Waals surface area contributed by atoms with E-state index in [1.165, 1.54) is 4.90 Å². The molecule has 0 aromatic rings. The number of alkyl halides is 3. The third-order valence-corrected chi connectivity index (χ3v) is 5.66. The molecule has 1 saturated carbocycles. The van der Waals surface area contributed by atoms with Crippen molar-refractivity contribution >= 4 is 27.5 Å². The van der Waals surface area contributed by atoms with Crippen LogP contribution in [0.1, 0.15) is 19.3 Å². The SMILES string of the molecule is O=C(CSC(F)(F)F)N(C1CC1)C1CCS(=O)(=O)C1. The van der Waals surface area contributed by atoms with E-state index in [0.717, 1.165) is 12.8 Å². The lowest BCUT2D eigenvalue weighted by Gasteiger charge is -2.28. The van der Waals surface area contributed by atoms with E-state index >= 15 is 0 Å². The van der Waals surface area contributed by atoms with Gasteiger partial charge in [-0.3, -0.25) is 4.79 Å². The maximum atomic E-state index is 12.1. The van der Waals surface area contributed by atoms with Crippen LogP contribution in [-0.4, -0.2) is 54.1 Å². The summed E-state index contributed by atoms with van der Waals surface area (Å²) in [6, 6.07) is -0.515. The lowest BCUT2D eigenvalue weighted by molar-refractivity contribution is -0.131. The molecule has 2 fully saturated rings. The monoisotopic (exact) mass is 317 g/mol. The van der Waals surface area contributed by atoms with Crippen LogP contribution in [-0.2, 0) is 14.6 Å². The van der Waals surface area contributed by atoms with E-state index in [0.29, 0.717) is 6.42 Å². The quantitative estimate of drug-likeness (QED) is 0.787. The second-order valence-corrected chi connectivity index (χ2v) is 8.09. The summed E-state index contributed by atoms with van der Waals surface area (Å²) in [5.74, 6) is -1.38. The average molecular weight is 317 g/mol. The summed E-state index contributed by atoms with van der Waals surface area (Å²) in [6.07, 6.45) is 1.83. The molecule has 0 radical (unpaired) electrons. The minimum absolute atomic E-state index is 0.0145. The molecule has 0 N–H and O–H groups in total. The first kappa shape index (κ1) is 15.0. The minimum Gasteiger partial charge on any atom is -0.335 e. The Hall–Kier alpha value is -0.440. The third kappa shape index (κ3) is 4.27. The van der Waals surface area contributed by atoms with Gasteiger partial charge in [0.05, 0.1) is 17.3 Å². The predicted molar refractivity (Wildman–Crippen MR) is 65.4 cm³/mol. The second-order valence-electron chi connectivity index (χ2n) is 4.82. The summed E-state index contributed by atoms with van der Waals surface area (Å²) in [7, 11) is -3.15.